The monoisotopic (exact) mass is 706 g/mol. The van der Waals surface area contributed by atoms with E-state index in [1.807, 2.05) is 20.8 Å². The minimum atomic E-state index is -0.935. The van der Waals surface area contributed by atoms with E-state index in [4.69, 9.17) is 23.7 Å². The molecule has 2 unspecified atom stereocenters. The smallest absolute Gasteiger partial charge is 0.312 e. The predicted molar refractivity (Wildman–Crippen MR) is 187 cm³/mol. The number of carbonyl (C=O) groups excluding carboxylic acids is 3. The third kappa shape index (κ3) is 5.50. The van der Waals surface area contributed by atoms with Crippen LogP contribution in [0, 0.1) is 74.9 Å². The first kappa shape index (κ1) is 33.9. The fourth-order valence-corrected chi connectivity index (χ4v) is 15.6. The van der Waals surface area contributed by atoms with Gasteiger partial charge in [0.05, 0.1) is 29.5 Å². The molecule has 13 aliphatic rings. The van der Waals surface area contributed by atoms with Crippen LogP contribution in [-0.4, -0.2) is 55.7 Å². The predicted octanol–water partition coefficient (Wildman–Crippen LogP) is 7.79. The van der Waals surface area contributed by atoms with Crippen molar-refractivity contribution in [2.24, 2.45) is 74.9 Å². The van der Waals surface area contributed by atoms with Crippen molar-refractivity contribution in [3.63, 3.8) is 0 Å². The molecule has 0 aromatic carbocycles. The fraction of sp³-hybridized carbons (Fsp3) is 0.930. The molecule has 1 heterocycles. The van der Waals surface area contributed by atoms with Crippen LogP contribution in [0.15, 0.2) is 0 Å². The van der Waals surface area contributed by atoms with Gasteiger partial charge in [-0.1, -0.05) is 0 Å². The van der Waals surface area contributed by atoms with E-state index in [-0.39, 0.29) is 59.2 Å². The molecule has 1 aliphatic heterocycles. The van der Waals surface area contributed by atoms with Gasteiger partial charge in [0.25, 0.3) is 0 Å². The Morgan fingerprint density at radius 3 is 1.43 bits per heavy atom. The maximum Gasteiger partial charge on any atom is 0.312 e. The lowest BCUT2D eigenvalue weighted by atomic mass is 9.47. The van der Waals surface area contributed by atoms with E-state index in [0.29, 0.717) is 61.1 Å². The average molecular weight is 707 g/mol. The van der Waals surface area contributed by atoms with Gasteiger partial charge in [0, 0.05) is 23.7 Å². The van der Waals surface area contributed by atoms with E-state index < -0.39 is 16.8 Å². The van der Waals surface area contributed by atoms with Crippen molar-refractivity contribution >= 4 is 17.9 Å². The zero-order chi connectivity index (χ0) is 35.0. The Bertz CT molecular complexity index is 1310. The highest BCUT2D eigenvalue weighted by molar-refractivity contribution is 5.78. The van der Waals surface area contributed by atoms with E-state index in [2.05, 4.69) is 0 Å². The van der Waals surface area contributed by atoms with E-state index in [1.54, 1.807) is 0 Å². The molecule has 0 aromatic rings. The van der Waals surface area contributed by atoms with Gasteiger partial charge in [-0.3, -0.25) is 14.4 Å². The minimum Gasteiger partial charge on any atom is -0.465 e. The zero-order valence-corrected chi connectivity index (χ0v) is 31.5. The summed E-state index contributed by atoms with van der Waals surface area (Å²) in [4.78, 5) is 41.3. The number of esters is 3. The van der Waals surface area contributed by atoms with Gasteiger partial charge in [-0.15, -0.1) is 0 Å². The Morgan fingerprint density at radius 1 is 0.569 bits per heavy atom. The molecule has 0 aromatic heterocycles. The number of ether oxygens (including phenoxy) is 5. The van der Waals surface area contributed by atoms with Gasteiger partial charge in [-0.2, -0.15) is 0 Å². The molecule has 2 atom stereocenters. The number of carbonyl (C=O) groups is 3. The van der Waals surface area contributed by atoms with Gasteiger partial charge in [0.2, 0.25) is 0 Å². The summed E-state index contributed by atoms with van der Waals surface area (Å²) in [6.07, 6.45) is 18.9. The Kier molecular flexibility index (Phi) is 7.59. The van der Waals surface area contributed by atoms with E-state index >= 15 is 0 Å². The summed E-state index contributed by atoms with van der Waals surface area (Å²) in [6.45, 7) is 6.93. The van der Waals surface area contributed by atoms with Crippen molar-refractivity contribution < 1.29 is 38.1 Å². The van der Waals surface area contributed by atoms with Crippen LogP contribution in [-0.2, 0) is 38.1 Å². The second-order valence-corrected chi connectivity index (χ2v) is 21.8. The third-order valence-corrected chi connectivity index (χ3v) is 16.7. The number of hydrogen-bond donors (Lipinski definition) is 0. The average Bonchev–Trinajstić information content (AvgIpc) is 3.06. The lowest BCUT2D eigenvalue weighted by Crippen LogP contribution is -2.69. The van der Waals surface area contributed by atoms with Crippen LogP contribution in [0.2, 0.25) is 0 Å². The molecule has 12 bridgehead atoms. The molecule has 13 rings (SSSR count). The van der Waals surface area contributed by atoms with Crippen LogP contribution in [0.3, 0.4) is 0 Å². The fourth-order valence-electron chi connectivity index (χ4n) is 15.6. The van der Waals surface area contributed by atoms with Crippen LogP contribution in [0.4, 0.5) is 0 Å². The summed E-state index contributed by atoms with van der Waals surface area (Å²) in [7, 11) is 0. The standard InChI is InChI=1S/C43H62O8/c1-38(2,3)35(44)47-23-39-14-32-12-33(21-39)43(34(13-32)22-39)50-5-4-42(51-43,24-48-36(45)40-15-26-6-27(16-40)8-28(7-26)17-40)25-49-37(46)41-18-29-9-30(19-41)11-31(10-29)20-41/h26-34H,4-25H2,1-3H3. The summed E-state index contributed by atoms with van der Waals surface area (Å²) in [5, 5.41) is 0. The van der Waals surface area contributed by atoms with Gasteiger partial charge in [-0.05, 0) is 171 Å². The Labute approximate surface area is 304 Å². The maximum atomic E-state index is 14.2. The highest BCUT2D eigenvalue weighted by Gasteiger charge is 2.68. The van der Waals surface area contributed by atoms with E-state index in [0.717, 1.165) is 70.6 Å². The second-order valence-electron chi connectivity index (χ2n) is 21.8. The quantitative estimate of drug-likeness (QED) is 0.187. The van der Waals surface area contributed by atoms with Crippen molar-refractivity contribution in [1.29, 1.82) is 0 Å². The first-order valence-electron chi connectivity index (χ1n) is 21.1. The largest absolute Gasteiger partial charge is 0.465 e. The summed E-state index contributed by atoms with van der Waals surface area (Å²) < 4.78 is 33.2. The van der Waals surface area contributed by atoms with Crippen molar-refractivity contribution in [2.75, 3.05) is 26.4 Å². The Morgan fingerprint density at radius 2 is 1.00 bits per heavy atom. The highest BCUT2D eigenvalue weighted by atomic mass is 16.7. The van der Waals surface area contributed by atoms with Gasteiger partial charge in [0.1, 0.15) is 18.8 Å². The lowest BCUT2D eigenvalue weighted by Gasteiger charge is -2.66. The molecule has 8 heteroatoms. The first-order chi connectivity index (χ1) is 24.3. The molecule has 0 radical (unpaired) electrons. The van der Waals surface area contributed by atoms with Crippen molar-refractivity contribution in [3.8, 4) is 0 Å². The molecule has 0 amide bonds. The van der Waals surface area contributed by atoms with Crippen LogP contribution >= 0.6 is 0 Å². The minimum absolute atomic E-state index is 0.0396. The molecule has 282 valence electrons. The topological polar surface area (TPSA) is 97.4 Å². The molecule has 12 saturated carbocycles. The van der Waals surface area contributed by atoms with E-state index in [9.17, 15) is 14.4 Å². The van der Waals surface area contributed by atoms with Gasteiger partial charge >= 0.3 is 17.9 Å². The van der Waals surface area contributed by atoms with Crippen molar-refractivity contribution in [2.45, 2.75) is 148 Å². The molecule has 8 nitrogen and oxygen atoms in total. The second kappa shape index (κ2) is 11.4. The molecular weight excluding hydrogens is 644 g/mol. The summed E-state index contributed by atoms with van der Waals surface area (Å²) in [5.74, 6) is 3.81. The molecule has 51 heavy (non-hydrogen) atoms. The normalized spacial score (nSPS) is 51.2. The zero-order valence-electron chi connectivity index (χ0n) is 31.5. The molecule has 0 N–H and O–H groups in total. The first-order valence-corrected chi connectivity index (χ1v) is 21.1. The Balaban J connectivity index is 0.900. The van der Waals surface area contributed by atoms with Crippen molar-refractivity contribution in [3.05, 3.63) is 0 Å². The number of hydrogen-bond acceptors (Lipinski definition) is 8. The summed E-state index contributed by atoms with van der Waals surface area (Å²) >= 11 is 0. The lowest BCUT2D eigenvalue weighted by molar-refractivity contribution is -0.413. The molecule has 13 fully saturated rings. The Hall–Kier alpha value is -1.67. The summed E-state index contributed by atoms with van der Waals surface area (Å²) in [5.41, 5.74) is -2.22. The van der Waals surface area contributed by atoms with Gasteiger partial charge < -0.3 is 23.7 Å². The van der Waals surface area contributed by atoms with Gasteiger partial charge in [-0.25, -0.2) is 0 Å². The molecule has 1 spiro atoms. The van der Waals surface area contributed by atoms with E-state index in [1.165, 1.54) is 38.5 Å². The SMILES string of the molecule is CC(C)(C)C(=O)OCC12CC3CC(C1)C1(OCCC(COC(=O)C45CC6CC(CC(C6)C4)C5)(COC(=O)C45CC6CC(CC(C6)C4)C5)O1)C(C3)C2. The van der Waals surface area contributed by atoms with Gasteiger partial charge in [0.15, 0.2) is 5.79 Å². The summed E-state index contributed by atoms with van der Waals surface area (Å²) in [6, 6.07) is 0. The molecule has 12 aliphatic carbocycles. The van der Waals surface area contributed by atoms with Crippen molar-refractivity contribution in [1.82, 2.24) is 0 Å². The van der Waals surface area contributed by atoms with Crippen LogP contribution in [0.25, 0.3) is 0 Å². The third-order valence-electron chi connectivity index (χ3n) is 16.7. The van der Waals surface area contributed by atoms with Crippen LogP contribution in [0.5, 0.6) is 0 Å². The highest BCUT2D eigenvalue weighted by Crippen LogP contribution is 2.67. The molecule has 1 saturated heterocycles. The molecular formula is C43H62O8. The maximum absolute atomic E-state index is 14.2. The van der Waals surface area contributed by atoms with Crippen LogP contribution < -0.4 is 0 Å². The van der Waals surface area contributed by atoms with Crippen LogP contribution in [0.1, 0.15) is 136 Å². The number of rotatable bonds is 8.